The molecule has 5 nitrogen and oxygen atoms in total. The second-order valence-corrected chi connectivity index (χ2v) is 6.71. The maximum absolute atomic E-state index is 13.7. The van der Waals surface area contributed by atoms with E-state index in [0.29, 0.717) is 11.3 Å². The molecule has 0 bridgehead atoms. The van der Waals surface area contributed by atoms with Crippen LogP contribution < -0.4 is 5.32 Å². The monoisotopic (exact) mass is 328 g/mol. The molecule has 1 aromatic carbocycles. The Labute approximate surface area is 125 Å². The molecule has 0 aliphatic carbocycles. The van der Waals surface area contributed by atoms with Gasteiger partial charge in [-0.1, -0.05) is 0 Å². The highest BCUT2D eigenvalue weighted by molar-refractivity contribution is 8.13. The zero-order chi connectivity index (χ0) is 15.6. The Morgan fingerprint density at radius 1 is 1.33 bits per heavy atom. The number of halogens is 2. The van der Waals surface area contributed by atoms with Crippen molar-refractivity contribution < 1.29 is 17.6 Å². The number of rotatable bonds is 3. The fraction of sp³-hybridized carbons (Fsp3) is 0.0769. The van der Waals surface area contributed by atoms with E-state index in [2.05, 4.69) is 10.3 Å². The minimum absolute atomic E-state index is 0.116. The summed E-state index contributed by atoms with van der Waals surface area (Å²) in [6, 6.07) is 6.31. The summed E-state index contributed by atoms with van der Waals surface area (Å²) < 4.78 is 35.8. The molecular weight excluding hydrogens is 319 g/mol. The maximum Gasteiger partial charge on any atom is 0.264 e. The van der Waals surface area contributed by atoms with Gasteiger partial charge in [-0.05, 0) is 37.3 Å². The number of carbonyl (C=O) groups excluding carboxylic acids is 1. The van der Waals surface area contributed by atoms with Crippen molar-refractivity contribution in [1.82, 2.24) is 4.98 Å². The molecular formula is C13H10ClFN2O3S. The first kappa shape index (κ1) is 15.4. The average molecular weight is 329 g/mol. The van der Waals surface area contributed by atoms with Gasteiger partial charge in [-0.2, -0.15) is 0 Å². The Morgan fingerprint density at radius 3 is 2.62 bits per heavy atom. The highest BCUT2D eigenvalue weighted by Gasteiger charge is 2.17. The van der Waals surface area contributed by atoms with Crippen molar-refractivity contribution in [2.75, 3.05) is 5.32 Å². The number of benzene rings is 1. The van der Waals surface area contributed by atoms with E-state index in [0.717, 1.165) is 12.1 Å². The zero-order valence-electron chi connectivity index (χ0n) is 10.8. The largest absolute Gasteiger partial charge is 0.322 e. The lowest BCUT2D eigenvalue weighted by molar-refractivity contribution is 0.102. The van der Waals surface area contributed by atoms with Gasteiger partial charge in [-0.15, -0.1) is 0 Å². The molecule has 0 fully saturated rings. The van der Waals surface area contributed by atoms with E-state index in [4.69, 9.17) is 10.7 Å². The van der Waals surface area contributed by atoms with Crippen LogP contribution in [0.25, 0.3) is 0 Å². The molecule has 0 atom stereocenters. The van der Waals surface area contributed by atoms with Gasteiger partial charge in [0.15, 0.2) is 0 Å². The summed E-state index contributed by atoms with van der Waals surface area (Å²) in [5, 5.41) is 2.46. The second kappa shape index (κ2) is 5.79. The SMILES string of the molecule is Cc1ncccc1C(=O)Nc1ccc(S(=O)(=O)Cl)c(F)c1. The second-order valence-electron chi connectivity index (χ2n) is 4.17. The Kier molecular flexibility index (Phi) is 4.24. The number of aromatic nitrogens is 1. The van der Waals surface area contributed by atoms with Crippen LogP contribution in [0, 0.1) is 12.7 Å². The van der Waals surface area contributed by atoms with Crippen LogP contribution in [-0.4, -0.2) is 19.3 Å². The molecule has 21 heavy (non-hydrogen) atoms. The van der Waals surface area contributed by atoms with Crippen LogP contribution in [0.3, 0.4) is 0 Å². The Bertz CT molecular complexity index is 809. The quantitative estimate of drug-likeness (QED) is 0.879. The number of anilines is 1. The van der Waals surface area contributed by atoms with Crippen LogP contribution in [-0.2, 0) is 9.05 Å². The first-order valence-electron chi connectivity index (χ1n) is 5.76. The van der Waals surface area contributed by atoms with Crippen LogP contribution in [0.5, 0.6) is 0 Å². The van der Waals surface area contributed by atoms with E-state index >= 15 is 0 Å². The van der Waals surface area contributed by atoms with E-state index in [1.54, 1.807) is 25.3 Å². The predicted molar refractivity (Wildman–Crippen MR) is 76.4 cm³/mol. The molecule has 8 heteroatoms. The highest BCUT2D eigenvalue weighted by atomic mass is 35.7. The van der Waals surface area contributed by atoms with Gasteiger partial charge >= 0.3 is 0 Å². The molecule has 0 spiro atoms. The first-order chi connectivity index (χ1) is 9.79. The first-order valence-corrected chi connectivity index (χ1v) is 8.07. The van der Waals surface area contributed by atoms with Gasteiger partial charge in [0.2, 0.25) is 0 Å². The van der Waals surface area contributed by atoms with Crippen molar-refractivity contribution in [2.24, 2.45) is 0 Å². The van der Waals surface area contributed by atoms with Crippen molar-refractivity contribution in [3.8, 4) is 0 Å². The number of carbonyl (C=O) groups is 1. The molecule has 1 N–H and O–H groups in total. The number of pyridine rings is 1. The number of amides is 1. The molecule has 2 aromatic rings. The van der Waals surface area contributed by atoms with E-state index in [9.17, 15) is 17.6 Å². The van der Waals surface area contributed by atoms with Crippen molar-refractivity contribution in [3.63, 3.8) is 0 Å². The van der Waals surface area contributed by atoms with Crippen LogP contribution >= 0.6 is 10.7 Å². The number of nitrogens with one attached hydrogen (secondary N) is 1. The summed E-state index contributed by atoms with van der Waals surface area (Å²) in [5.74, 6) is -1.51. The smallest absolute Gasteiger partial charge is 0.264 e. The Balaban J connectivity index is 2.27. The molecule has 0 aliphatic heterocycles. The Hall–Kier alpha value is -1.99. The fourth-order valence-electron chi connectivity index (χ4n) is 1.70. The van der Waals surface area contributed by atoms with Crippen molar-refractivity contribution in [3.05, 3.63) is 53.6 Å². The molecule has 1 aromatic heterocycles. The van der Waals surface area contributed by atoms with Crippen LogP contribution in [0.2, 0.25) is 0 Å². The van der Waals surface area contributed by atoms with Gasteiger partial charge < -0.3 is 5.32 Å². The standard InChI is InChI=1S/C13H10ClFN2O3S/c1-8-10(3-2-6-16-8)13(18)17-9-4-5-12(11(15)7-9)21(14,19)20/h2-7H,1H3,(H,17,18). The summed E-state index contributed by atoms with van der Waals surface area (Å²) in [7, 11) is 0.912. The molecule has 1 amide bonds. The molecule has 0 unspecified atom stereocenters. The van der Waals surface area contributed by atoms with E-state index in [1.165, 1.54) is 6.07 Å². The summed E-state index contributed by atoms with van der Waals surface area (Å²) in [4.78, 5) is 15.3. The molecule has 2 rings (SSSR count). The normalized spacial score (nSPS) is 11.2. The van der Waals surface area contributed by atoms with Crippen LogP contribution in [0.15, 0.2) is 41.4 Å². The fourth-order valence-corrected chi connectivity index (χ4v) is 2.60. The van der Waals surface area contributed by atoms with Gasteiger partial charge in [-0.25, -0.2) is 12.8 Å². The molecule has 0 saturated carbocycles. The number of aryl methyl sites for hydroxylation is 1. The molecule has 0 aliphatic rings. The minimum atomic E-state index is -4.16. The van der Waals surface area contributed by atoms with Crippen LogP contribution in [0.4, 0.5) is 10.1 Å². The number of hydrogen-bond donors (Lipinski definition) is 1. The molecule has 1 heterocycles. The van der Waals surface area contributed by atoms with Gasteiger partial charge in [0.25, 0.3) is 15.0 Å². The van der Waals surface area contributed by atoms with Crippen molar-refractivity contribution in [1.29, 1.82) is 0 Å². The summed E-state index contributed by atoms with van der Waals surface area (Å²) in [6.07, 6.45) is 1.55. The number of nitrogens with zero attached hydrogens (tertiary/aromatic N) is 1. The van der Waals surface area contributed by atoms with Gasteiger partial charge in [0.05, 0.1) is 5.56 Å². The molecule has 0 radical (unpaired) electrons. The van der Waals surface area contributed by atoms with Gasteiger partial charge in [0, 0.05) is 28.3 Å². The predicted octanol–water partition coefficient (Wildman–Crippen LogP) is 2.71. The van der Waals surface area contributed by atoms with E-state index in [1.807, 2.05) is 0 Å². The van der Waals surface area contributed by atoms with Gasteiger partial charge in [-0.3, -0.25) is 9.78 Å². The molecule has 0 saturated heterocycles. The topological polar surface area (TPSA) is 76.1 Å². The van der Waals surface area contributed by atoms with Crippen molar-refractivity contribution >= 4 is 31.3 Å². The lowest BCUT2D eigenvalue weighted by Crippen LogP contribution is -2.14. The Morgan fingerprint density at radius 2 is 2.05 bits per heavy atom. The summed E-state index contributed by atoms with van der Waals surface area (Å²) in [5.41, 5.74) is 0.979. The summed E-state index contributed by atoms with van der Waals surface area (Å²) in [6.45, 7) is 1.67. The van der Waals surface area contributed by atoms with Gasteiger partial charge in [0.1, 0.15) is 10.7 Å². The van der Waals surface area contributed by atoms with Crippen LogP contribution in [0.1, 0.15) is 16.1 Å². The number of hydrogen-bond acceptors (Lipinski definition) is 4. The van der Waals surface area contributed by atoms with E-state index < -0.39 is 25.7 Å². The average Bonchev–Trinajstić information content (AvgIpc) is 2.37. The zero-order valence-corrected chi connectivity index (χ0v) is 12.4. The lowest BCUT2D eigenvalue weighted by atomic mass is 10.2. The molecule has 110 valence electrons. The summed E-state index contributed by atoms with van der Waals surface area (Å²) >= 11 is 0. The van der Waals surface area contributed by atoms with E-state index in [-0.39, 0.29) is 5.69 Å². The maximum atomic E-state index is 13.7. The third-order valence-electron chi connectivity index (χ3n) is 2.70. The third kappa shape index (κ3) is 3.56. The minimum Gasteiger partial charge on any atom is -0.322 e. The van der Waals surface area contributed by atoms with Crippen molar-refractivity contribution in [2.45, 2.75) is 11.8 Å². The third-order valence-corrected chi connectivity index (χ3v) is 4.06. The lowest BCUT2D eigenvalue weighted by Gasteiger charge is -2.08. The highest BCUT2D eigenvalue weighted by Crippen LogP contribution is 2.22.